The van der Waals surface area contributed by atoms with Crippen LogP contribution in [-0.4, -0.2) is 9.13 Å². The molecular formula is C39H26N4. The molecule has 8 rings (SSSR count). The molecule has 0 bridgehead atoms. The first-order valence-electron chi connectivity index (χ1n) is 14.5. The van der Waals surface area contributed by atoms with Gasteiger partial charge in [0.05, 0.1) is 39.8 Å². The molecule has 0 spiro atoms. The highest BCUT2D eigenvalue weighted by Gasteiger charge is 2.26. The highest BCUT2D eigenvalue weighted by Crippen LogP contribution is 2.42. The third-order valence-corrected chi connectivity index (χ3v) is 8.86. The summed E-state index contributed by atoms with van der Waals surface area (Å²) in [6, 6.07) is 44.7. The number of hydrogen-bond donors (Lipinski definition) is 0. The smallest absolute Gasteiger partial charge is 0.0998 e. The number of para-hydroxylation sites is 4. The molecule has 1 aliphatic rings. The Hall–Kier alpha value is -5.84. The standard InChI is InChI=1S/C39H26N4/c1-25-20-27(24-41)34(22-39(25)43-37-16-8-4-12-31(37)32-13-5-9-17-38(32)43)33-21-28(19-18-26(33)23-40)42-35-14-6-2-10-29(35)30-11-3-7-15-36(30)42/h2-19,21-22,25H,20H2,1H3. The topological polar surface area (TPSA) is 57.4 Å². The number of allylic oxidation sites excluding steroid dienone is 4. The van der Waals surface area contributed by atoms with E-state index in [0.717, 1.165) is 44.6 Å². The highest BCUT2D eigenvalue weighted by molar-refractivity contribution is 6.11. The Kier molecular flexibility index (Phi) is 5.58. The molecule has 0 N–H and O–H groups in total. The number of nitriles is 2. The lowest BCUT2D eigenvalue weighted by Gasteiger charge is -2.26. The van der Waals surface area contributed by atoms with E-state index in [1.54, 1.807) is 0 Å². The average molecular weight is 551 g/mol. The van der Waals surface area contributed by atoms with Crippen molar-refractivity contribution in [3.63, 3.8) is 0 Å². The van der Waals surface area contributed by atoms with E-state index >= 15 is 0 Å². The van der Waals surface area contributed by atoms with Crippen molar-refractivity contribution < 1.29 is 0 Å². The molecule has 2 heterocycles. The van der Waals surface area contributed by atoms with Gasteiger partial charge in [-0.2, -0.15) is 10.5 Å². The fourth-order valence-corrected chi connectivity index (χ4v) is 6.92. The summed E-state index contributed by atoms with van der Waals surface area (Å²) in [6.07, 6.45) is 2.75. The summed E-state index contributed by atoms with van der Waals surface area (Å²) in [7, 11) is 0. The summed E-state index contributed by atoms with van der Waals surface area (Å²) in [5, 5.41) is 25.4. The Morgan fingerprint density at radius 3 is 1.58 bits per heavy atom. The van der Waals surface area contributed by atoms with Crippen LogP contribution in [0.3, 0.4) is 0 Å². The van der Waals surface area contributed by atoms with Gasteiger partial charge in [-0.05, 0) is 60.5 Å². The van der Waals surface area contributed by atoms with Crippen LogP contribution in [0.15, 0.2) is 127 Å². The summed E-state index contributed by atoms with van der Waals surface area (Å²) in [5.74, 6) is 0.115. The summed E-state index contributed by atoms with van der Waals surface area (Å²) < 4.78 is 4.59. The lowest BCUT2D eigenvalue weighted by molar-refractivity contribution is 0.712. The van der Waals surface area contributed by atoms with Crippen LogP contribution in [0.5, 0.6) is 0 Å². The third-order valence-electron chi connectivity index (χ3n) is 8.86. The number of nitrogens with zero attached hydrogens (tertiary/aromatic N) is 4. The number of fused-ring (bicyclic) bond motifs is 6. The van der Waals surface area contributed by atoms with Crippen LogP contribution in [-0.2, 0) is 0 Å². The maximum absolute atomic E-state index is 10.4. The SMILES string of the molecule is CC1CC(C#N)=C(c2cc(-n3c4ccccc4c4ccccc43)ccc2C#N)C=C1n1c2ccccc2c2ccccc21. The largest absolute Gasteiger partial charge is 0.313 e. The van der Waals surface area contributed by atoms with Crippen molar-refractivity contribution in [2.75, 3.05) is 0 Å². The zero-order chi connectivity index (χ0) is 29.1. The van der Waals surface area contributed by atoms with Gasteiger partial charge in [0.25, 0.3) is 0 Å². The van der Waals surface area contributed by atoms with Crippen LogP contribution in [0.1, 0.15) is 24.5 Å². The summed E-state index contributed by atoms with van der Waals surface area (Å²) in [5.41, 5.74) is 9.43. The average Bonchev–Trinajstić information content (AvgIpc) is 3.57. The van der Waals surface area contributed by atoms with Crippen molar-refractivity contribution in [1.29, 1.82) is 10.5 Å². The van der Waals surface area contributed by atoms with Crippen LogP contribution >= 0.6 is 0 Å². The lowest BCUT2D eigenvalue weighted by atomic mass is 9.84. The molecule has 1 atom stereocenters. The first-order valence-corrected chi connectivity index (χ1v) is 14.5. The fraction of sp³-hybridized carbons (Fsp3) is 0.0769. The monoisotopic (exact) mass is 550 g/mol. The zero-order valence-electron chi connectivity index (χ0n) is 23.6. The quantitative estimate of drug-likeness (QED) is 0.220. The molecule has 5 aromatic carbocycles. The van der Waals surface area contributed by atoms with Gasteiger partial charge in [-0.15, -0.1) is 0 Å². The second-order valence-corrected chi connectivity index (χ2v) is 11.3. The molecule has 0 fully saturated rings. The first-order chi connectivity index (χ1) is 21.2. The second-order valence-electron chi connectivity index (χ2n) is 11.3. The van der Waals surface area contributed by atoms with E-state index in [1.807, 2.05) is 12.1 Å². The third kappa shape index (κ3) is 3.67. The summed E-state index contributed by atoms with van der Waals surface area (Å²) >= 11 is 0. The Labute approximate surface area is 249 Å². The van der Waals surface area contributed by atoms with E-state index in [9.17, 15) is 10.5 Å². The van der Waals surface area contributed by atoms with Crippen LogP contribution in [0.25, 0.3) is 60.6 Å². The van der Waals surface area contributed by atoms with Gasteiger partial charge >= 0.3 is 0 Å². The van der Waals surface area contributed by atoms with Gasteiger partial charge in [-0.1, -0.05) is 79.7 Å². The van der Waals surface area contributed by atoms with Gasteiger partial charge in [0.1, 0.15) is 0 Å². The van der Waals surface area contributed by atoms with E-state index in [-0.39, 0.29) is 5.92 Å². The van der Waals surface area contributed by atoms with Gasteiger partial charge in [0, 0.05) is 50.0 Å². The molecule has 4 nitrogen and oxygen atoms in total. The highest BCUT2D eigenvalue weighted by atomic mass is 15.0. The number of aromatic nitrogens is 2. The maximum atomic E-state index is 10.4. The molecule has 0 aliphatic heterocycles. The molecule has 0 radical (unpaired) electrons. The maximum Gasteiger partial charge on any atom is 0.0998 e. The molecule has 0 saturated carbocycles. The molecule has 7 aromatic rings. The lowest BCUT2D eigenvalue weighted by Crippen LogP contribution is -2.13. The Morgan fingerprint density at radius 1 is 0.605 bits per heavy atom. The molecule has 2 aromatic heterocycles. The van der Waals surface area contributed by atoms with Crippen molar-refractivity contribution in [3.8, 4) is 17.8 Å². The van der Waals surface area contributed by atoms with Crippen molar-refractivity contribution in [2.45, 2.75) is 13.3 Å². The summed E-state index contributed by atoms with van der Waals surface area (Å²) in [4.78, 5) is 0. The minimum absolute atomic E-state index is 0.115. The fourth-order valence-electron chi connectivity index (χ4n) is 6.92. The number of hydrogen-bond acceptors (Lipinski definition) is 2. The Bertz CT molecular complexity index is 2310. The molecule has 1 aliphatic carbocycles. The van der Waals surface area contributed by atoms with Crippen LogP contribution < -0.4 is 0 Å². The van der Waals surface area contributed by atoms with Crippen molar-refractivity contribution in [2.24, 2.45) is 5.92 Å². The van der Waals surface area contributed by atoms with Crippen molar-refractivity contribution in [1.82, 2.24) is 9.13 Å². The van der Waals surface area contributed by atoms with E-state index in [1.165, 1.54) is 21.5 Å². The van der Waals surface area contributed by atoms with Gasteiger partial charge in [0.15, 0.2) is 0 Å². The Balaban J connectivity index is 1.39. The van der Waals surface area contributed by atoms with E-state index in [4.69, 9.17) is 0 Å². The van der Waals surface area contributed by atoms with Crippen LogP contribution in [0.4, 0.5) is 0 Å². The second kappa shape index (κ2) is 9.62. The normalized spacial score (nSPS) is 15.2. The molecule has 43 heavy (non-hydrogen) atoms. The molecule has 4 heteroatoms. The minimum Gasteiger partial charge on any atom is -0.313 e. The van der Waals surface area contributed by atoms with Gasteiger partial charge in [-0.3, -0.25) is 0 Å². The predicted octanol–water partition coefficient (Wildman–Crippen LogP) is 9.62. The predicted molar refractivity (Wildman–Crippen MR) is 176 cm³/mol. The Morgan fingerprint density at radius 2 is 1.09 bits per heavy atom. The first kappa shape index (κ1) is 24.9. The van der Waals surface area contributed by atoms with Gasteiger partial charge in [-0.25, -0.2) is 0 Å². The molecule has 0 saturated heterocycles. The van der Waals surface area contributed by atoms with E-state index in [2.05, 4.69) is 137 Å². The number of benzene rings is 5. The molecule has 1 unspecified atom stereocenters. The minimum atomic E-state index is 0.115. The van der Waals surface area contributed by atoms with Crippen molar-refractivity contribution in [3.05, 3.63) is 138 Å². The molecule has 202 valence electrons. The zero-order valence-corrected chi connectivity index (χ0v) is 23.6. The molecule has 0 amide bonds. The van der Waals surface area contributed by atoms with E-state index in [0.29, 0.717) is 17.6 Å². The summed E-state index contributed by atoms with van der Waals surface area (Å²) in [6.45, 7) is 2.18. The van der Waals surface area contributed by atoms with Crippen LogP contribution in [0.2, 0.25) is 0 Å². The van der Waals surface area contributed by atoms with E-state index < -0.39 is 0 Å². The van der Waals surface area contributed by atoms with Gasteiger partial charge in [0.2, 0.25) is 0 Å². The molecular weight excluding hydrogens is 524 g/mol. The van der Waals surface area contributed by atoms with Gasteiger partial charge < -0.3 is 9.13 Å². The van der Waals surface area contributed by atoms with Crippen LogP contribution in [0, 0.1) is 28.6 Å². The van der Waals surface area contributed by atoms with Crippen molar-refractivity contribution >= 4 is 54.9 Å². The number of rotatable bonds is 3.